The average molecular weight is 456 g/mol. The lowest BCUT2D eigenvalue weighted by Crippen LogP contribution is -2.43. The van der Waals surface area contributed by atoms with Crippen LogP contribution in [0.4, 0.5) is 0 Å². The van der Waals surface area contributed by atoms with Crippen LogP contribution >= 0.6 is 11.8 Å². The number of hydrogen-bond donors (Lipinski definition) is 0. The van der Waals surface area contributed by atoms with Crippen molar-refractivity contribution in [2.75, 3.05) is 6.54 Å². The molecule has 0 bridgehead atoms. The zero-order valence-corrected chi connectivity index (χ0v) is 19.4. The van der Waals surface area contributed by atoms with E-state index in [1.807, 2.05) is 51.1 Å². The van der Waals surface area contributed by atoms with E-state index >= 15 is 0 Å². The number of carbonyl (C=O) groups is 1. The fourth-order valence-corrected chi connectivity index (χ4v) is 6.46. The number of hydrogen-bond acceptors (Lipinski definition) is 5. The van der Waals surface area contributed by atoms with Gasteiger partial charge in [-0.15, -0.1) is 0 Å². The Balaban J connectivity index is 1.63. The molecular weight excluding hydrogens is 430 g/mol. The van der Waals surface area contributed by atoms with Crippen molar-refractivity contribution in [3.05, 3.63) is 71.5 Å². The van der Waals surface area contributed by atoms with E-state index < -0.39 is 16.1 Å². The highest BCUT2D eigenvalue weighted by molar-refractivity contribution is 7.99. The van der Waals surface area contributed by atoms with Crippen LogP contribution in [-0.4, -0.2) is 41.0 Å². The van der Waals surface area contributed by atoms with E-state index in [9.17, 15) is 13.2 Å². The van der Waals surface area contributed by atoms with Gasteiger partial charge in [-0.3, -0.25) is 4.79 Å². The standard InChI is InChI=1S/C23H25N3O3S2/c1-16-11-13-20(14-12-16)31(28,29)25-15-7-10-21(25)23(27)26-18(3)22(17(2)24-26)30-19-8-5-4-6-9-19/h4-6,8-9,11-14,21H,7,10,15H2,1-3H3. The van der Waals surface area contributed by atoms with E-state index in [0.717, 1.165) is 26.7 Å². The molecule has 4 rings (SSSR count). The number of benzene rings is 2. The first kappa shape index (κ1) is 21.8. The molecule has 0 radical (unpaired) electrons. The van der Waals surface area contributed by atoms with Gasteiger partial charge in [-0.05, 0) is 57.9 Å². The summed E-state index contributed by atoms with van der Waals surface area (Å²) in [5, 5.41) is 4.48. The highest BCUT2D eigenvalue weighted by Gasteiger charge is 2.41. The molecule has 6 nitrogen and oxygen atoms in total. The van der Waals surface area contributed by atoms with Gasteiger partial charge in [0, 0.05) is 11.4 Å². The predicted molar refractivity (Wildman–Crippen MR) is 121 cm³/mol. The molecular formula is C23H25N3O3S2. The Labute approximate surface area is 187 Å². The zero-order valence-electron chi connectivity index (χ0n) is 17.8. The minimum absolute atomic E-state index is 0.214. The van der Waals surface area contributed by atoms with Gasteiger partial charge in [-0.25, -0.2) is 13.1 Å². The molecule has 0 saturated carbocycles. The van der Waals surface area contributed by atoms with Crippen molar-refractivity contribution in [1.29, 1.82) is 0 Å². The second-order valence-electron chi connectivity index (χ2n) is 7.75. The quantitative estimate of drug-likeness (QED) is 0.568. The number of carbonyl (C=O) groups excluding carboxylic acids is 1. The van der Waals surface area contributed by atoms with Gasteiger partial charge in [0.1, 0.15) is 6.04 Å². The van der Waals surface area contributed by atoms with Gasteiger partial charge in [0.2, 0.25) is 10.0 Å². The summed E-state index contributed by atoms with van der Waals surface area (Å²) in [5.74, 6) is -0.298. The number of aromatic nitrogens is 2. The molecule has 0 N–H and O–H groups in total. The van der Waals surface area contributed by atoms with Crippen LogP contribution < -0.4 is 0 Å². The summed E-state index contributed by atoms with van der Waals surface area (Å²) in [6, 6.07) is 15.9. The summed E-state index contributed by atoms with van der Waals surface area (Å²) < 4.78 is 29.2. The van der Waals surface area contributed by atoms with Crippen LogP contribution in [0.3, 0.4) is 0 Å². The first-order chi connectivity index (χ1) is 14.8. The Morgan fingerprint density at radius 1 is 1.03 bits per heavy atom. The smallest absolute Gasteiger partial charge is 0.265 e. The molecule has 2 aromatic carbocycles. The molecule has 31 heavy (non-hydrogen) atoms. The SMILES string of the molecule is Cc1ccc(S(=O)(=O)N2CCCC2C(=O)n2nc(C)c(Sc3ccccc3)c2C)cc1. The Morgan fingerprint density at radius 2 is 1.71 bits per heavy atom. The van der Waals surface area contributed by atoms with Crippen molar-refractivity contribution in [1.82, 2.24) is 14.1 Å². The van der Waals surface area contributed by atoms with Gasteiger partial charge in [0.05, 0.1) is 21.2 Å². The van der Waals surface area contributed by atoms with Crippen molar-refractivity contribution < 1.29 is 13.2 Å². The second kappa shape index (κ2) is 8.61. The van der Waals surface area contributed by atoms with Crippen LogP contribution in [0.25, 0.3) is 0 Å². The van der Waals surface area contributed by atoms with E-state index in [1.165, 1.54) is 8.99 Å². The number of rotatable bonds is 5. The lowest BCUT2D eigenvalue weighted by molar-refractivity contribution is 0.0813. The van der Waals surface area contributed by atoms with Gasteiger partial charge in [0.25, 0.3) is 5.91 Å². The molecule has 162 valence electrons. The number of sulfonamides is 1. The van der Waals surface area contributed by atoms with Crippen LogP contribution in [0.15, 0.2) is 69.3 Å². The third-order valence-electron chi connectivity index (χ3n) is 5.51. The minimum atomic E-state index is -3.76. The third kappa shape index (κ3) is 4.20. The van der Waals surface area contributed by atoms with Crippen LogP contribution in [0.2, 0.25) is 0 Å². The molecule has 1 aliphatic heterocycles. The summed E-state index contributed by atoms with van der Waals surface area (Å²) >= 11 is 1.56. The lowest BCUT2D eigenvalue weighted by atomic mass is 10.2. The molecule has 1 saturated heterocycles. The largest absolute Gasteiger partial charge is 0.271 e. The van der Waals surface area contributed by atoms with Crippen LogP contribution in [0, 0.1) is 20.8 Å². The molecule has 1 unspecified atom stereocenters. The van der Waals surface area contributed by atoms with Crippen molar-refractivity contribution in [3.8, 4) is 0 Å². The number of nitrogens with zero attached hydrogens (tertiary/aromatic N) is 3. The van der Waals surface area contributed by atoms with E-state index in [1.54, 1.807) is 36.0 Å². The Kier molecular flexibility index (Phi) is 6.05. The van der Waals surface area contributed by atoms with Gasteiger partial charge < -0.3 is 0 Å². The maximum absolute atomic E-state index is 13.4. The molecule has 0 amide bonds. The van der Waals surface area contributed by atoms with Gasteiger partial charge in [-0.2, -0.15) is 9.40 Å². The van der Waals surface area contributed by atoms with Crippen molar-refractivity contribution in [3.63, 3.8) is 0 Å². The maximum atomic E-state index is 13.4. The van der Waals surface area contributed by atoms with Crippen LogP contribution in [0.1, 0.15) is 34.6 Å². The molecule has 1 atom stereocenters. The molecule has 1 fully saturated rings. The van der Waals surface area contributed by atoms with E-state index in [4.69, 9.17) is 0 Å². The first-order valence-corrected chi connectivity index (χ1v) is 12.5. The van der Waals surface area contributed by atoms with Gasteiger partial charge >= 0.3 is 0 Å². The molecule has 1 aromatic heterocycles. The minimum Gasteiger partial charge on any atom is -0.271 e. The summed E-state index contributed by atoms with van der Waals surface area (Å²) in [6.07, 6.45) is 1.13. The summed E-state index contributed by atoms with van der Waals surface area (Å²) in [7, 11) is -3.76. The second-order valence-corrected chi connectivity index (χ2v) is 10.7. The van der Waals surface area contributed by atoms with Crippen molar-refractivity contribution in [2.45, 2.75) is 54.3 Å². The Morgan fingerprint density at radius 3 is 2.39 bits per heavy atom. The Hall–Kier alpha value is -2.42. The van der Waals surface area contributed by atoms with E-state index in [0.29, 0.717) is 19.4 Å². The van der Waals surface area contributed by atoms with E-state index in [2.05, 4.69) is 5.10 Å². The molecule has 0 spiro atoms. The molecule has 0 aliphatic carbocycles. The van der Waals surface area contributed by atoms with Crippen molar-refractivity contribution in [2.24, 2.45) is 0 Å². The predicted octanol–water partition coefficient (Wildman–Crippen LogP) is 4.45. The van der Waals surface area contributed by atoms with E-state index in [-0.39, 0.29) is 10.8 Å². The van der Waals surface area contributed by atoms with Crippen LogP contribution in [-0.2, 0) is 10.0 Å². The molecule has 1 aliphatic rings. The molecule has 3 aromatic rings. The highest BCUT2D eigenvalue weighted by atomic mass is 32.2. The zero-order chi connectivity index (χ0) is 22.2. The normalized spacial score (nSPS) is 17.2. The Bertz CT molecular complexity index is 1200. The third-order valence-corrected chi connectivity index (χ3v) is 8.74. The monoisotopic (exact) mass is 455 g/mol. The average Bonchev–Trinajstić information content (AvgIpc) is 3.36. The first-order valence-electron chi connectivity index (χ1n) is 10.2. The van der Waals surface area contributed by atoms with Crippen molar-refractivity contribution >= 4 is 27.7 Å². The summed E-state index contributed by atoms with van der Waals surface area (Å²) in [4.78, 5) is 15.6. The maximum Gasteiger partial charge on any atom is 0.265 e. The van der Waals surface area contributed by atoms with Crippen LogP contribution in [0.5, 0.6) is 0 Å². The summed E-state index contributed by atoms with van der Waals surface area (Å²) in [6.45, 7) is 5.97. The molecule has 2 heterocycles. The summed E-state index contributed by atoms with van der Waals surface area (Å²) in [5.41, 5.74) is 2.47. The van der Waals surface area contributed by atoms with Gasteiger partial charge in [-0.1, -0.05) is 47.7 Å². The van der Waals surface area contributed by atoms with Gasteiger partial charge in [0.15, 0.2) is 0 Å². The fraction of sp³-hybridized carbons (Fsp3) is 0.304. The topological polar surface area (TPSA) is 72.3 Å². The molecule has 8 heteroatoms. The number of aryl methyl sites for hydroxylation is 2. The highest BCUT2D eigenvalue weighted by Crippen LogP contribution is 2.34. The lowest BCUT2D eigenvalue weighted by Gasteiger charge is -2.23. The fourth-order valence-electron chi connectivity index (χ4n) is 3.86.